The highest BCUT2D eigenvalue weighted by Gasteiger charge is 2.00. The molecule has 0 aliphatic heterocycles. The smallest absolute Gasteiger partial charge is 0.123 e. The van der Waals surface area contributed by atoms with Gasteiger partial charge < -0.3 is 10.2 Å². The Hall–Kier alpha value is -0.930. The summed E-state index contributed by atoms with van der Waals surface area (Å²) in [4.78, 5) is 2.42. The molecule has 0 unspecified atom stereocenters. The van der Waals surface area contributed by atoms with E-state index < -0.39 is 0 Å². The molecular weight excluding hydrogens is 215 g/mol. The van der Waals surface area contributed by atoms with Crippen molar-refractivity contribution in [3.8, 4) is 0 Å². The zero-order chi connectivity index (χ0) is 12.5. The molecule has 0 amide bonds. The quantitative estimate of drug-likeness (QED) is 0.700. The van der Waals surface area contributed by atoms with Gasteiger partial charge in [0.1, 0.15) is 5.82 Å². The molecule has 0 bridgehead atoms. The fraction of sp³-hybridized carbons (Fsp3) is 0.571. The van der Waals surface area contributed by atoms with Crippen LogP contribution in [-0.2, 0) is 6.54 Å². The SMILES string of the molecule is CCCN(CC)CCNCc1cccc(F)c1. The van der Waals surface area contributed by atoms with Crippen LogP contribution in [-0.4, -0.2) is 31.1 Å². The molecule has 0 radical (unpaired) electrons. The van der Waals surface area contributed by atoms with Gasteiger partial charge in [0.15, 0.2) is 0 Å². The minimum Gasteiger partial charge on any atom is -0.311 e. The highest BCUT2D eigenvalue weighted by atomic mass is 19.1. The fourth-order valence-electron chi connectivity index (χ4n) is 1.86. The first-order valence-corrected chi connectivity index (χ1v) is 6.43. The normalized spacial score (nSPS) is 11.1. The van der Waals surface area contributed by atoms with Crippen molar-refractivity contribution in [2.75, 3.05) is 26.2 Å². The lowest BCUT2D eigenvalue weighted by molar-refractivity contribution is 0.287. The number of likely N-dealkylation sites (N-methyl/N-ethyl adjacent to an activating group) is 1. The highest BCUT2D eigenvalue weighted by molar-refractivity contribution is 5.15. The van der Waals surface area contributed by atoms with Gasteiger partial charge in [0.05, 0.1) is 0 Å². The molecule has 0 spiro atoms. The van der Waals surface area contributed by atoms with E-state index in [1.54, 1.807) is 12.1 Å². The molecule has 17 heavy (non-hydrogen) atoms. The molecule has 96 valence electrons. The summed E-state index contributed by atoms with van der Waals surface area (Å²) in [5.41, 5.74) is 1.00. The molecule has 0 aliphatic rings. The minimum absolute atomic E-state index is 0.162. The van der Waals surface area contributed by atoms with Crippen molar-refractivity contribution in [1.82, 2.24) is 10.2 Å². The first kappa shape index (κ1) is 14.1. The van der Waals surface area contributed by atoms with Gasteiger partial charge in [-0.25, -0.2) is 4.39 Å². The molecule has 0 aromatic heterocycles. The lowest BCUT2D eigenvalue weighted by atomic mass is 10.2. The average Bonchev–Trinajstić information content (AvgIpc) is 2.33. The van der Waals surface area contributed by atoms with Crippen LogP contribution in [0.25, 0.3) is 0 Å². The van der Waals surface area contributed by atoms with Gasteiger partial charge in [-0.2, -0.15) is 0 Å². The van der Waals surface area contributed by atoms with Crippen LogP contribution in [0.15, 0.2) is 24.3 Å². The lowest BCUT2D eigenvalue weighted by Gasteiger charge is -2.19. The summed E-state index contributed by atoms with van der Waals surface area (Å²) in [5, 5.41) is 3.34. The van der Waals surface area contributed by atoms with Crippen LogP contribution < -0.4 is 5.32 Å². The molecule has 2 nitrogen and oxygen atoms in total. The van der Waals surface area contributed by atoms with Gasteiger partial charge in [-0.05, 0) is 37.2 Å². The topological polar surface area (TPSA) is 15.3 Å². The second-order valence-corrected chi connectivity index (χ2v) is 4.24. The zero-order valence-corrected chi connectivity index (χ0v) is 10.9. The van der Waals surface area contributed by atoms with E-state index in [0.717, 1.165) is 38.3 Å². The number of nitrogens with zero attached hydrogens (tertiary/aromatic N) is 1. The summed E-state index contributed by atoms with van der Waals surface area (Å²) in [7, 11) is 0. The maximum atomic E-state index is 12.9. The van der Waals surface area contributed by atoms with E-state index in [9.17, 15) is 4.39 Å². The molecule has 0 aliphatic carbocycles. The lowest BCUT2D eigenvalue weighted by Crippen LogP contribution is -2.32. The first-order chi connectivity index (χ1) is 8.26. The zero-order valence-electron chi connectivity index (χ0n) is 10.9. The number of rotatable bonds is 8. The molecular formula is C14H23FN2. The third-order valence-electron chi connectivity index (χ3n) is 2.81. The Morgan fingerprint density at radius 1 is 1.24 bits per heavy atom. The first-order valence-electron chi connectivity index (χ1n) is 6.43. The summed E-state index contributed by atoms with van der Waals surface area (Å²) >= 11 is 0. The van der Waals surface area contributed by atoms with E-state index in [1.807, 2.05) is 6.07 Å². The third kappa shape index (κ3) is 5.80. The van der Waals surface area contributed by atoms with E-state index >= 15 is 0 Å². The van der Waals surface area contributed by atoms with E-state index in [0.29, 0.717) is 0 Å². The molecule has 0 atom stereocenters. The molecule has 1 aromatic carbocycles. The van der Waals surface area contributed by atoms with E-state index in [4.69, 9.17) is 0 Å². The van der Waals surface area contributed by atoms with Crippen molar-refractivity contribution in [1.29, 1.82) is 0 Å². The number of hydrogen-bond donors (Lipinski definition) is 1. The molecule has 3 heteroatoms. The number of halogens is 1. The maximum absolute atomic E-state index is 12.9. The Morgan fingerprint density at radius 2 is 2.06 bits per heavy atom. The maximum Gasteiger partial charge on any atom is 0.123 e. The summed E-state index contributed by atoms with van der Waals surface area (Å²) in [6, 6.07) is 6.75. The molecule has 0 saturated carbocycles. The van der Waals surface area contributed by atoms with Gasteiger partial charge in [0.2, 0.25) is 0 Å². The Morgan fingerprint density at radius 3 is 2.71 bits per heavy atom. The van der Waals surface area contributed by atoms with Crippen LogP contribution in [0.5, 0.6) is 0 Å². The number of nitrogens with one attached hydrogen (secondary N) is 1. The van der Waals surface area contributed by atoms with Crippen LogP contribution in [0.1, 0.15) is 25.8 Å². The van der Waals surface area contributed by atoms with E-state index in [-0.39, 0.29) is 5.82 Å². The molecule has 0 heterocycles. The van der Waals surface area contributed by atoms with Crippen molar-refractivity contribution >= 4 is 0 Å². The Kier molecular flexibility index (Phi) is 6.82. The predicted octanol–water partition coefficient (Wildman–Crippen LogP) is 2.65. The predicted molar refractivity (Wildman–Crippen MR) is 70.5 cm³/mol. The molecule has 1 N–H and O–H groups in total. The summed E-state index contributed by atoms with van der Waals surface area (Å²) < 4.78 is 12.9. The van der Waals surface area contributed by atoms with Crippen LogP contribution in [0.3, 0.4) is 0 Å². The Balaban J connectivity index is 2.19. The van der Waals surface area contributed by atoms with Crippen LogP contribution in [0.2, 0.25) is 0 Å². The highest BCUT2D eigenvalue weighted by Crippen LogP contribution is 2.02. The van der Waals surface area contributed by atoms with Crippen molar-refractivity contribution in [2.24, 2.45) is 0 Å². The minimum atomic E-state index is -0.162. The van der Waals surface area contributed by atoms with Crippen molar-refractivity contribution in [3.63, 3.8) is 0 Å². The second-order valence-electron chi connectivity index (χ2n) is 4.24. The molecule has 1 rings (SSSR count). The van der Waals surface area contributed by atoms with Gasteiger partial charge in [-0.3, -0.25) is 0 Å². The average molecular weight is 238 g/mol. The van der Waals surface area contributed by atoms with Gasteiger partial charge >= 0.3 is 0 Å². The van der Waals surface area contributed by atoms with Crippen molar-refractivity contribution in [2.45, 2.75) is 26.8 Å². The van der Waals surface area contributed by atoms with Crippen LogP contribution in [0, 0.1) is 5.82 Å². The summed E-state index contributed by atoms with van der Waals surface area (Å²) in [6.45, 7) is 9.37. The summed E-state index contributed by atoms with van der Waals surface area (Å²) in [5.74, 6) is -0.162. The summed E-state index contributed by atoms with van der Waals surface area (Å²) in [6.07, 6.45) is 1.19. The van der Waals surface area contributed by atoms with Gasteiger partial charge in [-0.15, -0.1) is 0 Å². The van der Waals surface area contributed by atoms with Crippen molar-refractivity contribution < 1.29 is 4.39 Å². The third-order valence-corrected chi connectivity index (χ3v) is 2.81. The number of hydrogen-bond acceptors (Lipinski definition) is 2. The standard InChI is InChI=1S/C14H23FN2/c1-3-9-17(4-2)10-8-16-12-13-6-5-7-14(15)11-13/h5-7,11,16H,3-4,8-10,12H2,1-2H3. The monoisotopic (exact) mass is 238 g/mol. The van der Waals surface area contributed by atoms with E-state index in [2.05, 4.69) is 24.1 Å². The van der Waals surface area contributed by atoms with E-state index in [1.165, 1.54) is 12.5 Å². The Bertz CT molecular complexity index is 315. The molecule has 1 aromatic rings. The second kappa shape index (κ2) is 8.20. The van der Waals surface area contributed by atoms with Crippen LogP contribution >= 0.6 is 0 Å². The van der Waals surface area contributed by atoms with Gasteiger partial charge in [-0.1, -0.05) is 26.0 Å². The fourth-order valence-corrected chi connectivity index (χ4v) is 1.86. The van der Waals surface area contributed by atoms with Gasteiger partial charge in [0, 0.05) is 19.6 Å². The Labute approximate surface area is 104 Å². The van der Waals surface area contributed by atoms with Crippen LogP contribution in [0.4, 0.5) is 4.39 Å². The number of benzene rings is 1. The molecule has 0 saturated heterocycles. The van der Waals surface area contributed by atoms with Crippen molar-refractivity contribution in [3.05, 3.63) is 35.6 Å². The molecule has 0 fully saturated rings. The largest absolute Gasteiger partial charge is 0.311 e. The van der Waals surface area contributed by atoms with Gasteiger partial charge in [0.25, 0.3) is 0 Å².